The summed E-state index contributed by atoms with van der Waals surface area (Å²) in [4.78, 5) is 10.9. The van der Waals surface area contributed by atoms with E-state index in [4.69, 9.17) is 5.73 Å². The lowest BCUT2D eigenvalue weighted by atomic mass is 10.2. The Morgan fingerprint density at radius 1 is 1.33 bits per heavy atom. The molecule has 3 N–H and O–H groups in total. The second-order valence-electron chi connectivity index (χ2n) is 4.90. The third-order valence-corrected chi connectivity index (χ3v) is 3.57. The van der Waals surface area contributed by atoms with E-state index in [0.29, 0.717) is 5.95 Å². The van der Waals surface area contributed by atoms with Crippen LogP contribution < -0.4 is 10.6 Å². The van der Waals surface area contributed by atoms with Crippen LogP contribution in [0, 0.1) is 6.92 Å². The van der Waals surface area contributed by atoms with Gasteiger partial charge in [-0.05, 0) is 32.6 Å². The summed E-state index contributed by atoms with van der Waals surface area (Å²) in [5.41, 5.74) is 7.91. The fourth-order valence-corrected chi connectivity index (χ4v) is 2.51. The van der Waals surface area contributed by atoms with Crippen LogP contribution in [0.5, 0.6) is 0 Å². The first-order valence-electron chi connectivity index (χ1n) is 6.67. The van der Waals surface area contributed by atoms with Gasteiger partial charge in [-0.25, -0.2) is 4.98 Å². The molecule has 5 nitrogen and oxygen atoms in total. The summed E-state index contributed by atoms with van der Waals surface area (Å²) in [7, 11) is 0. The van der Waals surface area contributed by atoms with Crippen molar-refractivity contribution in [1.82, 2.24) is 9.97 Å². The van der Waals surface area contributed by atoms with Gasteiger partial charge in [-0.3, -0.25) is 0 Å². The molecule has 1 aliphatic heterocycles. The molecule has 1 unspecified atom stereocenters. The van der Waals surface area contributed by atoms with Crippen LogP contribution in [0.3, 0.4) is 0 Å². The molecule has 2 heterocycles. The van der Waals surface area contributed by atoms with Gasteiger partial charge < -0.3 is 15.7 Å². The fraction of sp³-hybridized carbons (Fsp3) is 0.692. The van der Waals surface area contributed by atoms with Crippen molar-refractivity contribution in [2.45, 2.75) is 45.6 Å². The minimum atomic E-state index is -0.180. The number of nitrogens with zero attached hydrogens (tertiary/aromatic N) is 3. The maximum absolute atomic E-state index is 9.69. The molecule has 0 spiro atoms. The van der Waals surface area contributed by atoms with Gasteiger partial charge in [0, 0.05) is 18.7 Å². The smallest absolute Gasteiger partial charge is 0.222 e. The average molecular weight is 250 g/mol. The van der Waals surface area contributed by atoms with Crippen LogP contribution in [-0.4, -0.2) is 34.3 Å². The lowest BCUT2D eigenvalue weighted by Crippen LogP contribution is -2.27. The molecule has 0 bridgehead atoms. The molecule has 1 saturated heterocycles. The predicted molar refractivity (Wildman–Crippen MR) is 72.6 cm³/mol. The highest BCUT2D eigenvalue weighted by atomic mass is 16.3. The van der Waals surface area contributed by atoms with E-state index in [2.05, 4.69) is 28.7 Å². The molecular weight excluding hydrogens is 228 g/mol. The zero-order valence-electron chi connectivity index (χ0n) is 11.2. The van der Waals surface area contributed by atoms with Crippen LogP contribution >= 0.6 is 0 Å². The van der Waals surface area contributed by atoms with Crippen LogP contribution in [0.25, 0.3) is 0 Å². The summed E-state index contributed by atoms with van der Waals surface area (Å²) in [6.45, 7) is 5.89. The molecular formula is C13H22N4O. The van der Waals surface area contributed by atoms with Crippen molar-refractivity contribution >= 4 is 11.8 Å². The Hall–Kier alpha value is -1.36. The highest BCUT2D eigenvalue weighted by Gasteiger charge is 2.19. The second-order valence-corrected chi connectivity index (χ2v) is 4.90. The molecule has 0 aromatic carbocycles. The number of hydrogen-bond donors (Lipinski definition) is 2. The Balaban J connectivity index is 2.29. The molecule has 2 rings (SSSR count). The third kappa shape index (κ3) is 2.72. The quantitative estimate of drug-likeness (QED) is 0.827. The van der Waals surface area contributed by atoms with Crippen molar-refractivity contribution in [2.75, 3.05) is 23.7 Å². The summed E-state index contributed by atoms with van der Waals surface area (Å²) < 4.78 is 0. The normalized spacial score (nSPS) is 20.8. The predicted octanol–water partition coefficient (Wildman–Crippen LogP) is 1.28. The Kier molecular flexibility index (Phi) is 4.01. The molecule has 5 heteroatoms. The first-order chi connectivity index (χ1) is 8.61. The van der Waals surface area contributed by atoms with Crippen LogP contribution in [0.15, 0.2) is 0 Å². The molecule has 100 valence electrons. The average Bonchev–Trinajstić information content (AvgIpc) is 2.56. The van der Waals surface area contributed by atoms with Crippen LogP contribution in [0.4, 0.5) is 11.8 Å². The van der Waals surface area contributed by atoms with Crippen LogP contribution in [0.1, 0.15) is 37.4 Å². The van der Waals surface area contributed by atoms with Gasteiger partial charge in [-0.1, -0.05) is 6.92 Å². The van der Waals surface area contributed by atoms with Crippen molar-refractivity contribution in [3.05, 3.63) is 11.3 Å². The summed E-state index contributed by atoms with van der Waals surface area (Å²) in [5, 5.41) is 9.69. The zero-order chi connectivity index (χ0) is 13.1. The first-order valence-corrected chi connectivity index (χ1v) is 6.67. The van der Waals surface area contributed by atoms with E-state index >= 15 is 0 Å². The van der Waals surface area contributed by atoms with Crippen molar-refractivity contribution in [1.29, 1.82) is 0 Å². The van der Waals surface area contributed by atoms with E-state index in [-0.39, 0.29) is 6.10 Å². The molecule has 1 aromatic rings. The molecule has 0 saturated carbocycles. The second kappa shape index (κ2) is 5.52. The van der Waals surface area contributed by atoms with Gasteiger partial charge in [0.25, 0.3) is 0 Å². The van der Waals surface area contributed by atoms with Crippen molar-refractivity contribution in [3.8, 4) is 0 Å². The van der Waals surface area contributed by atoms with Crippen molar-refractivity contribution in [3.63, 3.8) is 0 Å². The minimum absolute atomic E-state index is 0.180. The summed E-state index contributed by atoms with van der Waals surface area (Å²) in [6.07, 6.45) is 3.34. The Morgan fingerprint density at radius 3 is 2.83 bits per heavy atom. The molecule has 1 fully saturated rings. The number of aryl methyl sites for hydroxylation is 1. The van der Waals surface area contributed by atoms with E-state index in [1.54, 1.807) is 0 Å². The van der Waals surface area contributed by atoms with Gasteiger partial charge in [-0.15, -0.1) is 0 Å². The molecule has 1 aromatic heterocycles. The van der Waals surface area contributed by atoms with Gasteiger partial charge >= 0.3 is 0 Å². The molecule has 1 atom stereocenters. The molecule has 0 radical (unpaired) electrons. The van der Waals surface area contributed by atoms with E-state index in [9.17, 15) is 5.11 Å². The van der Waals surface area contributed by atoms with Gasteiger partial charge in [0.05, 0.1) is 11.8 Å². The number of aromatic nitrogens is 2. The maximum Gasteiger partial charge on any atom is 0.222 e. The van der Waals surface area contributed by atoms with Crippen molar-refractivity contribution < 1.29 is 5.11 Å². The SMILES string of the molecule is CCc1nc(N)nc(N2CCCC(O)CC2)c1C. The number of nitrogens with two attached hydrogens (primary N) is 1. The van der Waals surface area contributed by atoms with E-state index in [1.165, 1.54) is 0 Å². The number of anilines is 2. The Bertz CT molecular complexity index is 422. The topological polar surface area (TPSA) is 75.3 Å². The monoisotopic (exact) mass is 250 g/mol. The molecule has 18 heavy (non-hydrogen) atoms. The largest absolute Gasteiger partial charge is 0.393 e. The Morgan fingerprint density at radius 2 is 2.11 bits per heavy atom. The minimum Gasteiger partial charge on any atom is -0.393 e. The fourth-order valence-electron chi connectivity index (χ4n) is 2.51. The summed E-state index contributed by atoms with van der Waals surface area (Å²) >= 11 is 0. The number of aliphatic hydroxyl groups is 1. The summed E-state index contributed by atoms with van der Waals surface area (Å²) in [6, 6.07) is 0. The number of rotatable bonds is 2. The van der Waals surface area contributed by atoms with Gasteiger partial charge in [0.15, 0.2) is 0 Å². The van der Waals surface area contributed by atoms with Crippen molar-refractivity contribution in [2.24, 2.45) is 0 Å². The lowest BCUT2D eigenvalue weighted by Gasteiger charge is -2.24. The Labute approximate surface area is 108 Å². The van der Waals surface area contributed by atoms with Gasteiger partial charge in [0.1, 0.15) is 5.82 Å². The number of aliphatic hydroxyl groups excluding tert-OH is 1. The number of nitrogen functional groups attached to an aromatic ring is 1. The summed E-state index contributed by atoms with van der Waals surface area (Å²) in [5.74, 6) is 1.28. The first kappa shape index (κ1) is 13.1. The lowest BCUT2D eigenvalue weighted by molar-refractivity contribution is 0.161. The highest BCUT2D eigenvalue weighted by molar-refractivity contribution is 5.51. The standard InChI is InChI=1S/C13H22N4O/c1-3-11-9(2)12(16-13(14)15-11)17-7-4-5-10(18)6-8-17/h10,18H,3-8H2,1-2H3,(H2,14,15,16). The molecule has 1 aliphatic rings. The van der Waals surface area contributed by atoms with E-state index in [1.807, 2.05) is 0 Å². The zero-order valence-corrected chi connectivity index (χ0v) is 11.2. The maximum atomic E-state index is 9.69. The molecule has 0 amide bonds. The van der Waals surface area contributed by atoms with E-state index in [0.717, 1.165) is 55.8 Å². The van der Waals surface area contributed by atoms with Crippen LogP contribution in [0.2, 0.25) is 0 Å². The highest BCUT2D eigenvalue weighted by Crippen LogP contribution is 2.24. The van der Waals surface area contributed by atoms with Gasteiger partial charge in [-0.2, -0.15) is 4.98 Å². The van der Waals surface area contributed by atoms with E-state index < -0.39 is 0 Å². The number of hydrogen-bond acceptors (Lipinski definition) is 5. The van der Waals surface area contributed by atoms with Crippen LogP contribution in [-0.2, 0) is 6.42 Å². The third-order valence-electron chi connectivity index (χ3n) is 3.57. The molecule has 0 aliphatic carbocycles. The van der Waals surface area contributed by atoms with Gasteiger partial charge in [0.2, 0.25) is 5.95 Å².